The van der Waals surface area contributed by atoms with Crippen LogP contribution >= 0.6 is 34.8 Å². The van der Waals surface area contributed by atoms with Crippen molar-refractivity contribution in [1.82, 2.24) is 9.55 Å². The zero-order valence-electron chi connectivity index (χ0n) is 17.3. The van der Waals surface area contributed by atoms with Crippen LogP contribution in [-0.2, 0) is 12.1 Å². The molecule has 0 unspecified atom stereocenters. The molecule has 0 radical (unpaired) electrons. The van der Waals surface area contributed by atoms with Crippen LogP contribution in [0.4, 0.5) is 11.6 Å². The highest BCUT2D eigenvalue weighted by Gasteiger charge is 2.55. The van der Waals surface area contributed by atoms with Gasteiger partial charge in [-0.15, -0.1) is 0 Å². The van der Waals surface area contributed by atoms with Crippen LogP contribution in [-0.4, -0.2) is 21.2 Å². The van der Waals surface area contributed by atoms with Crippen LogP contribution < -0.4 is 4.90 Å². The first-order valence-electron chi connectivity index (χ1n) is 11.0. The van der Waals surface area contributed by atoms with E-state index in [1.165, 1.54) is 0 Å². The van der Waals surface area contributed by atoms with Gasteiger partial charge in [0.1, 0.15) is 5.52 Å². The van der Waals surface area contributed by atoms with Crippen molar-refractivity contribution in [2.45, 2.75) is 51.2 Å². The van der Waals surface area contributed by atoms with E-state index >= 15 is 0 Å². The van der Waals surface area contributed by atoms with Crippen molar-refractivity contribution in [2.24, 2.45) is 11.8 Å². The predicted octanol–water partition coefficient (Wildman–Crippen LogP) is 6.85. The molecule has 2 aliphatic carbocycles. The predicted molar refractivity (Wildman–Crippen MR) is 127 cm³/mol. The molecule has 2 aromatic carbocycles. The summed E-state index contributed by atoms with van der Waals surface area (Å²) in [4.78, 5) is 7.17. The molecule has 1 aromatic heterocycles. The van der Waals surface area contributed by atoms with E-state index in [0.29, 0.717) is 26.9 Å². The summed E-state index contributed by atoms with van der Waals surface area (Å²) in [5.41, 5.74) is 3.91. The summed E-state index contributed by atoms with van der Waals surface area (Å²) in [6.07, 6.45) is 5.30. The molecule has 2 heterocycles. The molecule has 6 rings (SSSR count). The maximum absolute atomic E-state index is 11.9. The van der Waals surface area contributed by atoms with Gasteiger partial charge in [-0.25, -0.2) is 4.98 Å². The summed E-state index contributed by atoms with van der Waals surface area (Å²) >= 11 is 19.5. The van der Waals surface area contributed by atoms with E-state index < -0.39 is 5.60 Å². The molecular weight excluding hydrogens is 453 g/mol. The first-order valence-corrected chi connectivity index (χ1v) is 12.2. The Balaban J connectivity index is 1.59. The lowest BCUT2D eigenvalue weighted by Crippen LogP contribution is -2.33. The SMILES string of the molecule is Cc1cc(Cl)cc(Cl)c1N1CCCn2c1nc1c(Cl)ccc(C(O)(C3CC3)C3CC3)c12. The number of hydrogen-bond donors (Lipinski definition) is 1. The van der Waals surface area contributed by atoms with E-state index in [-0.39, 0.29) is 0 Å². The van der Waals surface area contributed by atoms with E-state index in [1.54, 1.807) is 6.07 Å². The number of aliphatic hydroxyl groups is 1. The van der Waals surface area contributed by atoms with Crippen molar-refractivity contribution in [1.29, 1.82) is 0 Å². The number of benzene rings is 2. The Morgan fingerprint density at radius 1 is 1.00 bits per heavy atom. The lowest BCUT2D eigenvalue weighted by Gasteiger charge is -2.33. The molecule has 4 nitrogen and oxygen atoms in total. The Kier molecular flexibility index (Phi) is 4.57. The third kappa shape index (κ3) is 3.02. The van der Waals surface area contributed by atoms with Crippen molar-refractivity contribution in [2.75, 3.05) is 11.4 Å². The summed E-state index contributed by atoms with van der Waals surface area (Å²) in [6.45, 7) is 3.67. The number of fused-ring (bicyclic) bond motifs is 3. The van der Waals surface area contributed by atoms with Crippen molar-refractivity contribution >= 4 is 57.5 Å². The van der Waals surface area contributed by atoms with Gasteiger partial charge in [0.15, 0.2) is 0 Å². The third-order valence-electron chi connectivity index (χ3n) is 7.15. The number of nitrogens with zero attached hydrogens (tertiary/aromatic N) is 3. The fourth-order valence-electron chi connectivity index (χ4n) is 5.49. The van der Waals surface area contributed by atoms with Crippen molar-refractivity contribution in [3.8, 4) is 0 Å². The minimum atomic E-state index is -0.782. The van der Waals surface area contributed by atoms with Crippen molar-refractivity contribution < 1.29 is 5.11 Å². The summed E-state index contributed by atoms with van der Waals surface area (Å²) in [7, 11) is 0. The Hall–Kier alpha value is -1.46. The van der Waals surface area contributed by atoms with E-state index in [2.05, 4.69) is 9.47 Å². The number of hydrogen-bond acceptors (Lipinski definition) is 3. The van der Waals surface area contributed by atoms with Gasteiger partial charge in [-0.05, 0) is 74.6 Å². The summed E-state index contributed by atoms with van der Waals surface area (Å²) < 4.78 is 2.24. The Labute approximate surface area is 196 Å². The highest BCUT2D eigenvalue weighted by atomic mass is 35.5. The molecule has 0 atom stereocenters. The monoisotopic (exact) mass is 475 g/mol. The molecule has 0 saturated heterocycles. The Morgan fingerprint density at radius 3 is 2.35 bits per heavy atom. The van der Waals surface area contributed by atoms with Gasteiger partial charge in [0.25, 0.3) is 0 Å². The van der Waals surface area contributed by atoms with E-state index in [4.69, 9.17) is 39.8 Å². The average molecular weight is 477 g/mol. The molecule has 31 heavy (non-hydrogen) atoms. The normalized spacial score (nSPS) is 19.2. The number of aromatic nitrogens is 2. The lowest BCUT2D eigenvalue weighted by molar-refractivity contribution is -0.00907. The highest BCUT2D eigenvalue weighted by Crippen LogP contribution is 2.59. The molecule has 162 valence electrons. The maximum atomic E-state index is 11.9. The van der Waals surface area contributed by atoms with E-state index in [1.807, 2.05) is 25.1 Å². The number of aryl methyl sites for hydroxylation is 2. The third-order valence-corrected chi connectivity index (χ3v) is 7.96. The number of rotatable bonds is 4. The van der Waals surface area contributed by atoms with Gasteiger partial charge < -0.3 is 14.6 Å². The molecule has 0 bridgehead atoms. The molecule has 0 spiro atoms. The standard InChI is InChI=1S/C24H24Cl3N3O/c1-13-11-16(25)12-19(27)21(13)29-9-2-10-30-22-17(7-8-18(26)20(22)28-23(29)30)24(31,14-3-4-14)15-5-6-15/h7-8,11-12,14-15,31H,2-6,9-10H2,1H3. The summed E-state index contributed by atoms with van der Waals surface area (Å²) in [5, 5.41) is 13.8. The fraction of sp³-hybridized carbons (Fsp3) is 0.458. The molecule has 2 saturated carbocycles. The molecule has 3 aliphatic rings. The Bertz CT molecular complexity index is 1180. The molecular formula is C24H24Cl3N3O. The number of imidazole rings is 1. The summed E-state index contributed by atoms with van der Waals surface area (Å²) in [6, 6.07) is 7.65. The molecule has 2 fully saturated rings. The summed E-state index contributed by atoms with van der Waals surface area (Å²) in [5.74, 6) is 1.50. The van der Waals surface area contributed by atoms with Crippen LogP contribution in [0.2, 0.25) is 15.1 Å². The van der Waals surface area contributed by atoms with Gasteiger partial charge in [-0.3, -0.25) is 0 Å². The minimum absolute atomic E-state index is 0.336. The van der Waals surface area contributed by atoms with Gasteiger partial charge in [0.05, 0.1) is 26.9 Å². The van der Waals surface area contributed by atoms with E-state index in [9.17, 15) is 5.11 Å². The second-order valence-electron chi connectivity index (χ2n) is 9.29. The molecule has 1 aliphatic heterocycles. The number of halogens is 3. The molecule has 3 aromatic rings. The molecule has 0 amide bonds. The quantitative estimate of drug-likeness (QED) is 0.447. The Morgan fingerprint density at radius 2 is 1.71 bits per heavy atom. The first kappa shape index (κ1) is 20.2. The van der Waals surface area contributed by atoms with Gasteiger partial charge in [0.2, 0.25) is 5.95 Å². The van der Waals surface area contributed by atoms with Gasteiger partial charge in [0, 0.05) is 23.7 Å². The maximum Gasteiger partial charge on any atom is 0.211 e. The smallest absolute Gasteiger partial charge is 0.211 e. The van der Waals surface area contributed by atoms with Crippen LogP contribution in [0.25, 0.3) is 11.0 Å². The van der Waals surface area contributed by atoms with Gasteiger partial charge >= 0.3 is 0 Å². The van der Waals surface area contributed by atoms with Crippen LogP contribution in [0.1, 0.15) is 43.2 Å². The second-order valence-corrected chi connectivity index (χ2v) is 10.5. The number of anilines is 2. The first-order chi connectivity index (χ1) is 14.9. The zero-order valence-corrected chi connectivity index (χ0v) is 19.6. The van der Waals surface area contributed by atoms with Crippen LogP contribution in [0.15, 0.2) is 24.3 Å². The van der Waals surface area contributed by atoms with Crippen molar-refractivity contribution in [3.63, 3.8) is 0 Å². The van der Waals surface area contributed by atoms with Crippen molar-refractivity contribution in [3.05, 3.63) is 50.5 Å². The molecule has 1 N–H and O–H groups in total. The highest BCUT2D eigenvalue weighted by molar-refractivity contribution is 6.37. The average Bonchev–Trinajstić information content (AvgIpc) is 3.63. The lowest BCUT2D eigenvalue weighted by atomic mass is 9.83. The zero-order chi connectivity index (χ0) is 21.5. The van der Waals surface area contributed by atoms with Gasteiger partial charge in [-0.1, -0.05) is 40.9 Å². The minimum Gasteiger partial charge on any atom is -0.385 e. The topological polar surface area (TPSA) is 41.3 Å². The van der Waals surface area contributed by atoms with Crippen LogP contribution in [0.5, 0.6) is 0 Å². The van der Waals surface area contributed by atoms with Crippen LogP contribution in [0, 0.1) is 18.8 Å². The van der Waals surface area contributed by atoms with E-state index in [0.717, 1.165) is 79.0 Å². The largest absolute Gasteiger partial charge is 0.385 e. The fourth-order valence-corrected chi connectivity index (χ4v) is 6.38. The second kappa shape index (κ2) is 7.02. The van der Waals surface area contributed by atoms with Gasteiger partial charge in [-0.2, -0.15) is 0 Å². The molecule has 7 heteroatoms. The van der Waals surface area contributed by atoms with Crippen LogP contribution in [0.3, 0.4) is 0 Å².